The number of morpholine rings is 1. The molecular weight excluding hydrogens is 389 g/mol. The van der Waals surface area contributed by atoms with E-state index in [9.17, 15) is 9.59 Å². The van der Waals surface area contributed by atoms with E-state index in [1.807, 2.05) is 12.1 Å². The molecule has 1 amide bonds. The number of hydrogen-bond donors (Lipinski definition) is 1. The van der Waals surface area contributed by atoms with Gasteiger partial charge in [-0.1, -0.05) is 47.5 Å². The molecule has 1 aliphatic rings. The molecule has 1 saturated heterocycles. The molecule has 1 N–H and O–H groups in total. The maximum absolute atomic E-state index is 12.1. The van der Waals surface area contributed by atoms with E-state index in [0.717, 1.165) is 5.56 Å². The zero-order valence-electron chi connectivity index (χ0n) is 14.5. The number of halogens is 2. The van der Waals surface area contributed by atoms with Crippen LogP contribution in [0.2, 0.25) is 10.0 Å². The zero-order valence-corrected chi connectivity index (χ0v) is 16.0. The molecule has 2 aromatic carbocycles. The summed E-state index contributed by atoms with van der Waals surface area (Å²) in [5.41, 5.74) is 1.36. The second-order valence-corrected chi connectivity index (χ2v) is 6.99. The molecule has 0 aliphatic carbocycles. The number of amides is 1. The quantitative estimate of drug-likeness (QED) is 0.575. The van der Waals surface area contributed by atoms with Gasteiger partial charge in [0.25, 0.3) is 0 Å². The molecule has 27 heavy (non-hydrogen) atoms. The Bertz CT molecular complexity index is 813. The minimum absolute atomic E-state index is 0.166. The van der Waals surface area contributed by atoms with E-state index < -0.39 is 6.10 Å². The zero-order chi connectivity index (χ0) is 19.2. The predicted octanol–water partition coefficient (Wildman–Crippen LogP) is 4.19. The van der Waals surface area contributed by atoms with Crippen molar-refractivity contribution in [1.82, 2.24) is 5.32 Å². The van der Waals surface area contributed by atoms with Crippen LogP contribution in [-0.2, 0) is 14.3 Å². The Morgan fingerprint density at radius 2 is 1.93 bits per heavy atom. The van der Waals surface area contributed by atoms with Gasteiger partial charge in [-0.15, -0.1) is 0 Å². The van der Waals surface area contributed by atoms with Gasteiger partial charge in [-0.2, -0.15) is 0 Å². The lowest BCUT2D eigenvalue weighted by atomic mass is 10.1. The largest absolute Gasteiger partial charge is 0.462 e. The summed E-state index contributed by atoms with van der Waals surface area (Å²) in [4.78, 5) is 24.0. The van der Waals surface area contributed by atoms with Gasteiger partial charge in [0.05, 0.1) is 22.2 Å². The number of hydrogen-bond acceptors (Lipinski definition) is 4. The number of rotatable bonds is 6. The highest BCUT2D eigenvalue weighted by molar-refractivity contribution is 6.42. The van der Waals surface area contributed by atoms with E-state index in [1.54, 1.807) is 36.4 Å². The van der Waals surface area contributed by atoms with Crippen LogP contribution in [0.4, 0.5) is 0 Å². The fourth-order valence-electron chi connectivity index (χ4n) is 2.81. The van der Waals surface area contributed by atoms with Gasteiger partial charge in [0, 0.05) is 6.54 Å². The molecule has 2 atom stereocenters. The van der Waals surface area contributed by atoms with Crippen molar-refractivity contribution in [2.24, 2.45) is 0 Å². The molecular formula is C20H19Cl2NO4. The normalized spacial score (nSPS) is 19.4. The number of carbonyl (C=O) groups is 2. The second kappa shape index (κ2) is 9.22. The Balaban J connectivity index is 1.49. The SMILES string of the molecule is O=C(OCCCC1OC(c2ccc(Cl)c(Cl)c2)CNC1=O)c1ccccc1. The van der Waals surface area contributed by atoms with Crippen LogP contribution >= 0.6 is 23.2 Å². The fourth-order valence-corrected chi connectivity index (χ4v) is 3.12. The second-order valence-electron chi connectivity index (χ2n) is 6.18. The molecule has 1 aliphatic heterocycles. The first-order valence-corrected chi connectivity index (χ1v) is 9.40. The summed E-state index contributed by atoms with van der Waals surface area (Å²) in [6.45, 7) is 0.592. The minimum atomic E-state index is -0.603. The molecule has 0 bridgehead atoms. The maximum Gasteiger partial charge on any atom is 0.338 e. The summed E-state index contributed by atoms with van der Waals surface area (Å²) in [6, 6.07) is 14.1. The summed E-state index contributed by atoms with van der Waals surface area (Å²) in [5, 5.41) is 3.76. The van der Waals surface area contributed by atoms with E-state index in [0.29, 0.717) is 35.0 Å². The summed E-state index contributed by atoms with van der Waals surface area (Å²) in [5.74, 6) is -0.543. The van der Waals surface area contributed by atoms with Crippen molar-refractivity contribution in [3.63, 3.8) is 0 Å². The highest BCUT2D eigenvalue weighted by atomic mass is 35.5. The fraction of sp³-hybridized carbons (Fsp3) is 0.300. The van der Waals surface area contributed by atoms with Gasteiger partial charge < -0.3 is 14.8 Å². The van der Waals surface area contributed by atoms with Crippen LogP contribution in [0.25, 0.3) is 0 Å². The number of esters is 1. The molecule has 0 saturated carbocycles. The summed E-state index contributed by atoms with van der Waals surface area (Å²) < 4.78 is 11.2. The maximum atomic E-state index is 12.1. The molecule has 5 nitrogen and oxygen atoms in total. The molecule has 1 heterocycles. The molecule has 2 unspecified atom stereocenters. The number of nitrogens with one attached hydrogen (secondary N) is 1. The molecule has 2 aromatic rings. The first-order chi connectivity index (χ1) is 13.0. The molecule has 7 heteroatoms. The van der Waals surface area contributed by atoms with Gasteiger partial charge in [0.1, 0.15) is 12.2 Å². The third-order valence-electron chi connectivity index (χ3n) is 4.25. The van der Waals surface area contributed by atoms with Crippen LogP contribution in [0.3, 0.4) is 0 Å². The Labute approximate surface area is 167 Å². The Hall–Kier alpha value is -2.08. The van der Waals surface area contributed by atoms with Gasteiger partial charge in [-0.05, 0) is 42.7 Å². The average Bonchev–Trinajstić information content (AvgIpc) is 2.69. The summed E-state index contributed by atoms with van der Waals surface area (Å²) in [7, 11) is 0. The monoisotopic (exact) mass is 407 g/mol. The highest BCUT2D eigenvalue weighted by Crippen LogP contribution is 2.29. The molecule has 142 valence electrons. The third-order valence-corrected chi connectivity index (χ3v) is 4.99. The van der Waals surface area contributed by atoms with Crippen LogP contribution in [0.1, 0.15) is 34.9 Å². The van der Waals surface area contributed by atoms with E-state index in [2.05, 4.69) is 5.32 Å². The summed E-state index contributed by atoms with van der Waals surface area (Å²) >= 11 is 12.0. The van der Waals surface area contributed by atoms with Crippen molar-refractivity contribution < 1.29 is 19.1 Å². The third kappa shape index (κ3) is 5.22. The average molecular weight is 408 g/mol. The molecule has 1 fully saturated rings. The number of benzene rings is 2. The van der Waals surface area contributed by atoms with E-state index in [-0.39, 0.29) is 24.6 Å². The highest BCUT2D eigenvalue weighted by Gasteiger charge is 2.30. The van der Waals surface area contributed by atoms with Crippen LogP contribution in [0.5, 0.6) is 0 Å². The van der Waals surface area contributed by atoms with Crippen LogP contribution in [0, 0.1) is 0 Å². The lowest BCUT2D eigenvalue weighted by Gasteiger charge is -2.30. The topological polar surface area (TPSA) is 64.6 Å². The van der Waals surface area contributed by atoms with Crippen molar-refractivity contribution in [3.05, 3.63) is 69.7 Å². The van der Waals surface area contributed by atoms with E-state index in [1.165, 1.54) is 0 Å². The van der Waals surface area contributed by atoms with E-state index >= 15 is 0 Å². The smallest absolute Gasteiger partial charge is 0.338 e. The lowest BCUT2D eigenvalue weighted by molar-refractivity contribution is -0.145. The molecule has 0 spiro atoms. The Morgan fingerprint density at radius 3 is 2.67 bits per heavy atom. The van der Waals surface area contributed by atoms with Crippen LogP contribution in [-0.4, -0.2) is 31.1 Å². The van der Waals surface area contributed by atoms with Crippen LogP contribution in [0.15, 0.2) is 48.5 Å². The standard InChI is InChI=1S/C20H19Cl2NO4/c21-15-9-8-14(11-16(15)22)18-12-23-19(24)17(27-18)7-4-10-26-20(25)13-5-2-1-3-6-13/h1-3,5-6,8-9,11,17-18H,4,7,10,12H2,(H,23,24). The van der Waals surface area contributed by atoms with Gasteiger partial charge >= 0.3 is 5.97 Å². The van der Waals surface area contributed by atoms with Crippen LogP contribution < -0.4 is 5.32 Å². The minimum Gasteiger partial charge on any atom is -0.462 e. The predicted molar refractivity (Wildman–Crippen MR) is 103 cm³/mol. The van der Waals surface area contributed by atoms with Gasteiger partial charge in [-0.3, -0.25) is 4.79 Å². The van der Waals surface area contributed by atoms with Crippen molar-refractivity contribution in [2.75, 3.05) is 13.2 Å². The van der Waals surface area contributed by atoms with Gasteiger partial charge in [-0.25, -0.2) is 4.79 Å². The van der Waals surface area contributed by atoms with Crippen molar-refractivity contribution >= 4 is 35.1 Å². The Morgan fingerprint density at radius 1 is 1.15 bits per heavy atom. The lowest BCUT2D eigenvalue weighted by Crippen LogP contribution is -2.45. The van der Waals surface area contributed by atoms with Gasteiger partial charge in [0.2, 0.25) is 5.91 Å². The molecule has 0 radical (unpaired) electrons. The molecule has 3 rings (SSSR count). The van der Waals surface area contributed by atoms with Crippen molar-refractivity contribution in [2.45, 2.75) is 25.0 Å². The Kier molecular flexibility index (Phi) is 6.72. The first kappa shape index (κ1) is 19.7. The number of carbonyl (C=O) groups excluding carboxylic acids is 2. The summed E-state index contributed by atoms with van der Waals surface area (Å²) in [6.07, 6.45) is 0.0687. The van der Waals surface area contributed by atoms with Crippen molar-refractivity contribution in [1.29, 1.82) is 0 Å². The van der Waals surface area contributed by atoms with Crippen molar-refractivity contribution in [3.8, 4) is 0 Å². The van der Waals surface area contributed by atoms with Gasteiger partial charge in [0.15, 0.2) is 0 Å². The van der Waals surface area contributed by atoms with E-state index in [4.69, 9.17) is 32.7 Å². The molecule has 0 aromatic heterocycles. The number of ether oxygens (including phenoxy) is 2. The first-order valence-electron chi connectivity index (χ1n) is 8.65.